The van der Waals surface area contributed by atoms with E-state index in [1.54, 1.807) is 0 Å². The molecule has 0 bridgehead atoms. The molecule has 0 radical (unpaired) electrons. The number of aliphatic hydroxyl groups is 1. The van der Waals surface area contributed by atoms with E-state index in [0.29, 0.717) is 0 Å². The molecule has 2 aromatic rings. The van der Waals surface area contributed by atoms with Crippen molar-refractivity contribution in [3.63, 3.8) is 0 Å². The maximum Gasteiger partial charge on any atom is 0.127 e. The SMILES string of the molecule is OC1CC(Oc2ccc(Oc3ccccc3)cc2)C1. The van der Waals surface area contributed by atoms with Gasteiger partial charge >= 0.3 is 0 Å². The zero-order valence-corrected chi connectivity index (χ0v) is 10.5. The molecule has 1 aliphatic rings. The maximum atomic E-state index is 9.20. The molecule has 0 unspecified atom stereocenters. The Balaban J connectivity index is 1.59. The van der Waals surface area contributed by atoms with Crippen molar-refractivity contribution in [3.8, 4) is 17.2 Å². The van der Waals surface area contributed by atoms with Gasteiger partial charge in [-0.15, -0.1) is 0 Å². The van der Waals surface area contributed by atoms with Gasteiger partial charge in [0.15, 0.2) is 0 Å². The Kier molecular flexibility index (Phi) is 3.38. The lowest BCUT2D eigenvalue weighted by Gasteiger charge is -2.31. The van der Waals surface area contributed by atoms with Crippen LogP contribution in [0.3, 0.4) is 0 Å². The molecule has 98 valence electrons. The molecule has 1 fully saturated rings. The van der Waals surface area contributed by atoms with Gasteiger partial charge < -0.3 is 14.6 Å². The van der Waals surface area contributed by atoms with Crippen LogP contribution in [0.15, 0.2) is 54.6 Å². The molecule has 0 spiro atoms. The van der Waals surface area contributed by atoms with Crippen molar-refractivity contribution >= 4 is 0 Å². The summed E-state index contributed by atoms with van der Waals surface area (Å²) >= 11 is 0. The Hall–Kier alpha value is -2.00. The van der Waals surface area contributed by atoms with Crippen LogP contribution in [-0.4, -0.2) is 17.3 Å². The van der Waals surface area contributed by atoms with Gasteiger partial charge in [0, 0.05) is 12.8 Å². The van der Waals surface area contributed by atoms with E-state index >= 15 is 0 Å². The van der Waals surface area contributed by atoms with E-state index in [0.717, 1.165) is 30.1 Å². The topological polar surface area (TPSA) is 38.7 Å². The highest BCUT2D eigenvalue weighted by Gasteiger charge is 2.28. The monoisotopic (exact) mass is 256 g/mol. The van der Waals surface area contributed by atoms with Crippen molar-refractivity contribution in [2.24, 2.45) is 0 Å². The van der Waals surface area contributed by atoms with Crippen molar-refractivity contribution in [1.29, 1.82) is 0 Å². The van der Waals surface area contributed by atoms with Gasteiger partial charge in [-0.1, -0.05) is 18.2 Å². The summed E-state index contributed by atoms with van der Waals surface area (Å²) in [7, 11) is 0. The van der Waals surface area contributed by atoms with Crippen LogP contribution in [-0.2, 0) is 0 Å². The van der Waals surface area contributed by atoms with Crippen molar-refractivity contribution in [1.82, 2.24) is 0 Å². The lowest BCUT2D eigenvalue weighted by Crippen LogP contribution is -2.37. The summed E-state index contributed by atoms with van der Waals surface area (Å²) in [6.45, 7) is 0. The van der Waals surface area contributed by atoms with Crippen LogP contribution in [0.1, 0.15) is 12.8 Å². The Morgan fingerprint density at radius 3 is 2.00 bits per heavy atom. The van der Waals surface area contributed by atoms with E-state index in [9.17, 15) is 5.11 Å². The normalized spacial score (nSPS) is 21.5. The fourth-order valence-corrected chi connectivity index (χ4v) is 2.04. The molecule has 2 aromatic carbocycles. The van der Waals surface area contributed by atoms with Crippen LogP contribution >= 0.6 is 0 Å². The molecule has 0 heterocycles. The minimum atomic E-state index is -0.189. The Bertz CT molecular complexity index is 515. The number of benzene rings is 2. The van der Waals surface area contributed by atoms with Crippen molar-refractivity contribution in [3.05, 3.63) is 54.6 Å². The van der Waals surface area contributed by atoms with Gasteiger partial charge in [-0.2, -0.15) is 0 Å². The molecule has 0 aromatic heterocycles. The average Bonchev–Trinajstić information content (AvgIpc) is 2.40. The Labute approximate surface area is 112 Å². The summed E-state index contributed by atoms with van der Waals surface area (Å²) in [6.07, 6.45) is 1.41. The van der Waals surface area contributed by atoms with Crippen molar-refractivity contribution < 1.29 is 14.6 Å². The van der Waals surface area contributed by atoms with Crippen LogP contribution in [0.2, 0.25) is 0 Å². The number of para-hydroxylation sites is 1. The summed E-state index contributed by atoms with van der Waals surface area (Å²) in [5, 5.41) is 9.20. The highest BCUT2D eigenvalue weighted by molar-refractivity contribution is 5.35. The fourth-order valence-electron chi connectivity index (χ4n) is 2.04. The molecule has 3 heteroatoms. The van der Waals surface area contributed by atoms with Gasteiger partial charge in [0.1, 0.15) is 23.4 Å². The molecule has 0 saturated heterocycles. The number of aliphatic hydroxyl groups excluding tert-OH is 1. The van der Waals surface area contributed by atoms with E-state index in [1.807, 2.05) is 54.6 Å². The molecule has 1 N–H and O–H groups in total. The number of hydrogen-bond donors (Lipinski definition) is 1. The van der Waals surface area contributed by atoms with Gasteiger partial charge in [-0.3, -0.25) is 0 Å². The fraction of sp³-hybridized carbons (Fsp3) is 0.250. The molecule has 1 saturated carbocycles. The lowest BCUT2D eigenvalue weighted by atomic mass is 9.92. The quantitative estimate of drug-likeness (QED) is 0.911. The van der Waals surface area contributed by atoms with E-state index in [1.165, 1.54) is 0 Å². The Morgan fingerprint density at radius 1 is 0.789 bits per heavy atom. The maximum absolute atomic E-state index is 9.20. The second-order valence-electron chi connectivity index (χ2n) is 4.75. The first-order chi connectivity index (χ1) is 9.29. The molecule has 0 aliphatic heterocycles. The summed E-state index contributed by atoms with van der Waals surface area (Å²) in [5.41, 5.74) is 0. The van der Waals surface area contributed by atoms with Crippen LogP contribution in [0.5, 0.6) is 17.2 Å². The summed E-state index contributed by atoms with van der Waals surface area (Å²) in [6, 6.07) is 17.2. The molecule has 19 heavy (non-hydrogen) atoms. The van der Waals surface area contributed by atoms with E-state index in [-0.39, 0.29) is 12.2 Å². The molecular formula is C16H16O3. The largest absolute Gasteiger partial charge is 0.490 e. The summed E-state index contributed by atoms with van der Waals surface area (Å²) in [4.78, 5) is 0. The van der Waals surface area contributed by atoms with Gasteiger partial charge in [0.2, 0.25) is 0 Å². The van der Waals surface area contributed by atoms with Crippen LogP contribution in [0.4, 0.5) is 0 Å². The van der Waals surface area contributed by atoms with E-state index < -0.39 is 0 Å². The smallest absolute Gasteiger partial charge is 0.127 e. The Morgan fingerprint density at radius 2 is 1.37 bits per heavy atom. The summed E-state index contributed by atoms with van der Waals surface area (Å²) in [5.74, 6) is 2.42. The molecule has 0 amide bonds. The lowest BCUT2D eigenvalue weighted by molar-refractivity contribution is -0.0107. The number of hydrogen-bond acceptors (Lipinski definition) is 3. The molecule has 3 nitrogen and oxygen atoms in total. The predicted octanol–water partition coefficient (Wildman–Crippen LogP) is 3.38. The van der Waals surface area contributed by atoms with Crippen molar-refractivity contribution in [2.45, 2.75) is 25.0 Å². The zero-order valence-electron chi connectivity index (χ0n) is 10.5. The minimum absolute atomic E-state index is 0.149. The highest BCUT2D eigenvalue weighted by Crippen LogP contribution is 2.28. The van der Waals surface area contributed by atoms with E-state index in [4.69, 9.17) is 9.47 Å². The standard InChI is InChI=1S/C16H16O3/c17-12-10-16(11-12)19-15-8-6-14(7-9-15)18-13-4-2-1-3-5-13/h1-9,12,16-17H,10-11H2. The molecule has 1 aliphatic carbocycles. The number of rotatable bonds is 4. The zero-order chi connectivity index (χ0) is 13.1. The summed E-state index contributed by atoms with van der Waals surface area (Å²) < 4.78 is 11.4. The van der Waals surface area contributed by atoms with Gasteiger partial charge in [-0.25, -0.2) is 0 Å². The third-order valence-electron chi connectivity index (χ3n) is 3.18. The molecule has 3 rings (SSSR count). The predicted molar refractivity (Wildman–Crippen MR) is 72.6 cm³/mol. The van der Waals surface area contributed by atoms with Crippen molar-refractivity contribution in [2.75, 3.05) is 0 Å². The first kappa shape index (κ1) is 12.1. The first-order valence-electron chi connectivity index (χ1n) is 6.47. The molecular weight excluding hydrogens is 240 g/mol. The number of ether oxygens (including phenoxy) is 2. The average molecular weight is 256 g/mol. The second kappa shape index (κ2) is 5.33. The van der Waals surface area contributed by atoms with Gasteiger partial charge in [0.25, 0.3) is 0 Å². The van der Waals surface area contributed by atoms with Gasteiger partial charge in [-0.05, 0) is 36.4 Å². The minimum Gasteiger partial charge on any atom is -0.490 e. The third-order valence-corrected chi connectivity index (χ3v) is 3.18. The first-order valence-corrected chi connectivity index (χ1v) is 6.47. The van der Waals surface area contributed by atoms with Crippen LogP contribution < -0.4 is 9.47 Å². The van der Waals surface area contributed by atoms with Gasteiger partial charge in [0.05, 0.1) is 6.10 Å². The van der Waals surface area contributed by atoms with E-state index in [2.05, 4.69) is 0 Å². The molecule has 0 atom stereocenters. The highest BCUT2D eigenvalue weighted by atomic mass is 16.5. The second-order valence-corrected chi connectivity index (χ2v) is 4.75. The van der Waals surface area contributed by atoms with Crippen LogP contribution in [0.25, 0.3) is 0 Å². The van der Waals surface area contributed by atoms with Crippen LogP contribution in [0, 0.1) is 0 Å². The third kappa shape index (κ3) is 3.06.